The van der Waals surface area contributed by atoms with Crippen LogP contribution < -0.4 is 5.11 Å². The second-order valence-electron chi connectivity index (χ2n) is 14.8. The summed E-state index contributed by atoms with van der Waals surface area (Å²) in [5, 5.41) is 11.6. The quantitative estimate of drug-likeness (QED) is 0.0273. The third-order valence-corrected chi connectivity index (χ3v) is 8.89. The van der Waals surface area contributed by atoms with Crippen LogP contribution in [-0.2, 0) is 28.6 Å². The van der Waals surface area contributed by atoms with Crippen LogP contribution in [0, 0.1) is 0 Å². The van der Waals surface area contributed by atoms with Crippen LogP contribution in [0.2, 0.25) is 0 Å². The van der Waals surface area contributed by atoms with Gasteiger partial charge in [-0.15, -0.1) is 0 Å². The molecule has 2 unspecified atom stereocenters. The number of hydrogen-bond acceptors (Lipinski definition) is 7. The number of nitrogens with zero attached hydrogens (tertiary/aromatic N) is 1. The van der Waals surface area contributed by atoms with Crippen LogP contribution in [0.4, 0.5) is 0 Å². The van der Waals surface area contributed by atoms with Gasteiger partial charge in [0.15, 0.2) is 6.10 Å². The van der Waals surface area contributed by atoms with E-state index in [1.165, 1.54) is 38.5 Å². The van der Waals surface area contributed by atoms with Crippen LogP contribution in [-0.4, -0.2) is 75.5 Å². The monoisotopic (exact) mass is 744 g/mol. The van der Waals surface area contributed by atoms with Gasteiger partial charge in [-0.25, -0.2) is 0 Å². The Balaban J connectivity index is 4.47. The molecule has 0 rings (SSSR count). The van der Waals surface area contributed by atoms with Crippen molar-refractivity contribution in [2.45, 2.75) is 167 Å². The lowest BCUT2D eigenvalue weighted by Crippen LogP contribution is -2.55. The van der Waals surface area contributed by atoms with Gasteiger partial charge in [0.25, 0.3) is 0 Å². The molecule has 0 bridgehead atoms. The number of allylic oxidation sites excluding steroid dienone is 10. The fraction of sp³-hybridized carbons (Fsp3) is 0.711. The highest BCUT2D eigenvalue weighted by Crippen LogP contribution is 2.12. The summed E-state index contributed by atoms with van der Waals surface area (Å²) in [6, 6.07) is -0.734. The molecule has 0 amide bonds. The molecule has 0 aromatic rings. The highest BCUT2D eigenvalue weighted by Gasteiger charge is 2.25. The average Bonchev–Trinajstić information content (AvgIpc) is 3.11. The minimum Gasteiger partial charge on any atom is -0.544 e. The van der Waals surface area contributed by atoms with Gasteiger partial charge in [0, 0.05) is 19.3 Å². The molecule has 0 spiro atoms. The third kappa shape index (κ3) is 34.5. The van der Waals surface area contributed by atoms with Crippen molar-refractivity contribution in [1.82, 2.24) is 0 Å². The Morgan fingerprint density at radius 3 is 1.58 bits per heavy atom. The number of carbonyl (C=O) groups is 3. The molecule has 2 atom stereocenters. The van der Waals surface area contributed by atoms with Gasteiger partial charge >= 0.3 is 11.9 Å². The largest absolute Gasteiger partial charge is 0.544 e. The molecule has 0 fully saturated rings. The van der Waals surface area contributed by atoms with Gasteiger partial charge < -0.3 is 28.6 Å². The van der Waals surface area contributed by atoms with Crippen molar-refractivity contribution in [2.75, 3.05) is 41.0 Å². The van der Waals surface area contributed by atoms with E-state index in [0.29, 0.717) is 12.8 Å². The highest BCUT2D eigenvalue weighted by molar-refractivity contribution is 5.70. The summed E-state index contributed by atoms with van der Waals surface area (Å²) in [6.07, 6.45) is 42.4. The zero-order valence-electron chi connectivity index (χ0n) is 34.4. The van der Waals surface area contributed by atoms with E-state index in [1.807, 2.05) is 0 Å². The first-order valence-electron chi connectivity index (χ1n) is 20.8. The number of quaternary nitrogens is 1. The van der Waals surface area contributed by atoms with Crippen molar-refractivity contribution in [1.29, 1.82) is 0 Å². The number of unbranched alkanes of at least 4 members (excludes halogenated alkanes) is 12. The van der Waals surface area contributed by atoms with Crippen molar-refractivity contribution in [3.8, 4) is 0 Å². The normalized spacial score (nSPS) is 13.6. The van der Waals surface area contributed by atoms with E-state index in [1.54, 1.807) is 21.1 Å². The highest BCUT2D eigenvalue weighted by atomic mass is 16.6. The standard InChI is InChI=1S/C45H77NO7/c1-6-8-10-12-14-16-18-20-21-22-24-25-27-29-31-33-35-43(47)52-40-41(39-51-38-37-42(45(49)50)46(3,4)5)53-44(48)36-34-32-30-28-26-23-19-17-15-13-11-9-7-2/h8,10,14,16,20-21,23-26,41-42H,6-7,9,11-13,15,17-19,22,27-40H2,1-5H3/b10-8+,16-14+,21-20+,25-24+,26-23+. The first-order valence-corrected chi connectivity index (χ1v) is 20.8. The zero-order chi connectivity index (χ0) is 39.3. The number of likely N-dealkylation sites (N-methyl/N-ethyl adjacent to an activating group) is 1. The predicted octanol–water partition coefficient (Wildman–Crippen LogP) is 9.69. The Hall–Kier alpha value is -2.97. The van der Waals surface area contributed by atoms with E-state index in [9.17, 15) is 19.5 Å². The van der Waals surface area contributed by atoms with E-state index in [4.69, 9.17) is 14.2 Å². The Morgan fingerprint density at radius 2 is 1.06 bits per heavy atom. The molecule has 304 valence electrons. The summed E-state index contributed by atoms with van der Waals surface area (Å²) >= 11 is 0. The van der Waals surface area contributed by atoms with Crippen LogP contribution in [0.25, 0.3) is 0 Å². The molecule has 8 heteroatoms. The molecule has 53 heavy (non-hydrogen) atoms. The summed E-state index contributed by atoms with van der Waals surface area (Å²) in [5.74, 6) is -1.80. The van der Waals surface area contributed by atoms with Crippen molar-refractivity contribution < 1.29 is 38.2 Å². The number of aliphatic carboxylic acids is 1. The molecule has 0 heterocycles. The molecule has 0 aliphatic rings. The van der Waals surface area contributed by atoms with Crippen LogP contribution in [0.5, 0.6) is 0 Å². The van der Waals surface area contributed by atoms with Crippen molar-refractivity contribution >= 4 is 17.9 Å². The van der Waals surface area contributed by atoms with E-state index < -0.39 is 18.1 Å². The molecule has 0 aromatic carbocycles. The minimum absolute atomic E-state index is 0.0220. The molecule has 0 radical (unpaired) electrons. The maximum absolute atomic E-state index is 12.7. The van der Waals surface area contributed by atoms with Crippen LogP contribution in [0.15, 0.2) is 60.8 Å². The number of esters is 2. The molecule has 0 aliphatic heterocycles. The van der Waals surface area contributed by atoms with E-state index >= 15 is 0 Å². The Bertz CT molecular complexity index is 1050. The topological polar surface area (TPSA) is 102 Å². The number of carbonyl (C=O) groups excluding carboxylic acids is 3. The smallest absolute Gasteiger partial charge is 0.306 e. The summed E-state index contributed by atoms with van der Waals surface area (Å²) in [4.78, 5) is 36.7. The van der Waals surface area contributed by atoms with Gasteiger partial charge in [0.1, 0.15) is 12.6 Å². The van der Waals surface area contributed by atoms with Gasteiger partial charge in [0.2, 0.25) is 0 Å². The molecule has 8 nitrogen and oxygen atoms in total. The first-order chi connectivity index (χ1) is 25.6. The average molecular weight is 744 g/mol. The van der Waals surface area contributed by atoms with E-state index in [0.717, 1.165) is 83.5 Å². The fourth-order valence-corrected chi connectivity index (χ4v) is 5.64. The lowest BCUT2D eigenvalue weighted by molar-refractivity contribution is -0.889. The molecule has 0 aliphatic carbocycles. The Labute approximate surface area is 324 Å². The van der Waals surface area contributed by atoms with Crippen molar-refractivity contribution in [3.05, 3.63) is 60.8 Å². The number of carboxylic acid groups (broad SMARTS) is 1. The zero-order valence-corrected chi connectivity index (χ0v) is 34.4. The molecule has 0 saturated carbocycles. The third-order valence-electron chi connectivity index (χ3n) is 8.89. The predicted molar refractivity (Wildman–Crippen MR) is 217 cm³/mol. The number of hydrogen-bond donors (Lipinski definition) is 0. The summed E-state index contributed by atoms with van der Waals surface area (Å²) in [6.45, 7) is 4.47. The van der Waals surface area contributed by atoms with Crippen molar-refractivity contribution in [3.63, 3.8) is 0 Å². The number of ether oxygens (including phenoxy) is 3. The SMILES string of the molecule is CC/C=C/C/C=C/C/C=C/C/C=C/CCCCCC(=O)OCC(COCCC(C(=O)[O-])[N+](C)(C)C)OC(=O)CCCCC/C=C/CCCCCCCC. The van der Waals surface area contributed by atoms with Gasteiger partial charge in [-0.3, -0.25) is 9.59 Å². The van der Waals surface area contributed by atoms with E-state index in [-0.39, 0.29) is 42.7 Å². The second kappa shape index (κ2) is 36.0. The van der Waals surface area contributed by atoms with Gasteiger partial charge in [0.05, 0.1) is 40.3 Å². The van der Waals surface area contributed by atoms with Gasteiger partial charge in [-0.1, -0.05) is 120 Å². The summed E-state index contributed by atoms with van der Waals surface area (Å²) in [7, 11) is 5.38. The number of carboxylic acids is 1. The molecule has 0 aromatic heterocycles. The van der Waals surface area contributed by atoms with Gasteiger partial charge in [-0.05, 0) is 77.0 Å². The molecular weight excluding hydrogens is 666 g/mol. The fourth-order valence-electron chi connectivity index (χ4n) is 5.64. The maximum Gasteiger partial charge on any atom is 0.306 e. The maximum atomic E-state index is 12.7. The van der Waals surface area contributed by atoms with Crippen LogP contribution in [0.3, 0.4) is 0 Å². The summed E-state index contributed by atoms with van der Waals surface area (Å²) in [5.41, 5.74) is 0. The Morgan fingerprint density at radius 1 is 0.585 bits per heavy atom. The lowest BCUT2D eigenvalue weighted by Gasteiger charge is -2.34. The molecule has 0 N–H and O–H groups in total. The first kappa shape index (κ1) is 50.0. The number of rotatable bonds is 36. The molecule has 0 saturated heterocycles. The minimum atomic E-state index is -1.13. The Kier molecular flexibility index (Phi) is 34.0. The van der Waals surface area contributed by atoms with Gasteiger partial charge in [-0.2, -0.15) is 0 Å². The van der Waals surface area contributed by atoms with Crippen molar-refractivity contribution in [2.24, 2.45) is 0 Å². The second-order valence-corrected chi connectivity index (χ2v) is 14.8. The van der Waals surface area contributed by atoms with Crippen LogP contribution in [0.1, 0.15) is 155 Å². The summed E-state index contributed by atoms with van der Waals surface area (Å²) < 4.78 is 17.1. The molecular formula is C45H77NO7. The van der Waals surface area contributed by atoms with E-state index in [2.05, 4.69) is 74.6 Å². The lowest BCUT2D eigenvalue weighted by atomic mass is 10.1. The van der Waals surface area contributed by atoms with Crippen LogP contribution >= 0.6 is 0 Å².